The summed E-state index contributed by atoms with van der Waals surface area (Å²) in [7, 11) is 1.70. The van der Waals surface area contributed by atoms with Crippen LogP contribution in [0.1, 0.15) is 35.3 Å². The summed E-state index contributed by atoms with van der Waals surface area (Å²) < 4.78 is 5.49. The summed E-state index contributed by atoms with van der Waals surface area (Å²) >= 11 is 1.65. The maximum absolute atomic E-state index is 13.5. The van der Waals surface area contributed by atoms with Crippen LogP contribution in [-0.4, -0.2) is 28.7 Å². The van der Waals surface area contributed by atoms with E-state index >= 15 is 0 Å². The van der Waals surface area contributed by atoms with E-state index in [-0.39, 0.29) is 11.8 Å². The van der Waals surface area contributed by atoms with Crippen molar-refractivity contribution in [3.63, 3.8) is 0 Å². The van der Waals surface area contributed by atoms with Crippen molar-refractivity contribution in [1.29, 1.82) is 5.41 Å². The van der Waals surface area contributed by atoms with E-state index in [1.165, 1.54) is 4.90 Å². The van der Waals surface area contributed by atoms with Gasteiger partial charge in [0.2, 0.25) is 5.91 Å². The number of amidine groups is 1. The Morgan fingerprint density at radius 3 is 2.84 bits per heavy atom. The summed E-state index contributed by atoms with van der Waals surface area (Å²) in [6.07, 6.45) is 5.87. The minimum Gasteiger partial charge on any atom is -0.464 e. The molecule has 1 aliphatic heterocycles. The number of aryl methyl sites for hydroxylation is 1. The van der Waals surface area contributed by atoms with Crippen LogP contribution in [0.15, 0.2) is 64.9 Å². The van der Waals surface area contributed by atoms with Gasteiger partial charge in [0.1, 0.15) is 11.4 Å². The molecular weight excluding hydrogens is 406 g/mol. The van der Waals surface area contributed by atoms with Crippen LogP contribution in [-0.2, 0) is 10.2 Å². The molecule has 0 aliphatic carbocycles. The van der Waals surface area contributed by atoms with E-state index in [2.05, 4.69) is 29.4 Å². The summed E-state index contributed by atoms with van der Waals surface area (Å²) in [6, 6.07) is 12.2. The minimum atomic E-state index is -0.516. The Kier molecular flexibility index (Phi) is 4.55. The average molecular weight is 430 g/mol. The second-order valence-corrected chi connectivity index (χ2v) is 9.45. The number of aromatic nitrogens is 1. The van der Waals surface area contributed by atoms with Crippen LogP contribution >= 0.6 is 11.3 Å². The quantitative estimate of drug-likeness (QED) is 0.451. The second kappa shape index (κ2) is 7.17. The third kappa shape index (κ3) is 3.18. The molecule has 2 atom stereocenters. The molecular formula is C25H23N3O2S. The van der Waals surface area contributed by atoms with Gasteiger partial charge in [-0.2, -0.15) is 0 Å². The molecule has 0 radical (unpaired) electrons. The number of thiophene rings is 1. The molecule has 1 fully saturated rings. The summed E-state index contributed by atoms with van der Waals surface area (Å²) in [5.41, 5.74) is 4.52. The molecule has 1 N–H and O–H groups in total. The number of hydrogen-bond donors (Lipinski definition) is 1. The topological polar surface area (TPSA) is 70.2 Å². The number of rotatable bonds is 3. The van der Waals surface area contributed by atoms with Gasteiger partial charge < -0.3 is 9.32 Å². The van der Waals surface area contributed by atoms with Crippen LogP contribution < -0.4 is 0 Å². The molecule has 1 unspecified atom stereocenters. The Bertz CT molecular complexity index is 1320. The fourth-order valence-electron chi connectivity index (χ4n) is 4.57. The fourth-order valence-corrected chi connectivity index (χ4v) is 5.68. The lowest BCUT2D eigenvalue weighted by atomic mass is 9.67. The number of likely N-dealkylation sites (tertiary alicyclic amines) is 1. The largest absolute Gasteiger partial charge is 0.464 e. The van der Waals surface area contributed by atoms with Gasteiger partial charge in [0.15, 0.2) is 0 Å². The van der Waals surface area contributed by atoms with Gasteiger partial charge in [0, 0.05) is 47.1 Å². The Balaban J connectivity index is 1.63. The summed E-state index contributed by atoms with van der Waals surface area (Å²) in [4.78, 5) is 20.4. The van der Waals surface area contributed by atoms with E-state index in [9.17, 15) is 4.79 Å². The first-order valence-corrected chi connectivity index (χ1v) is 11.1. The van der Waals surface area contributed by atoms with Gasteiger partial charge in [-0.15, -0.1) is 11.3 Å². The summed E-state index contributed by atoms with van der Waals surface area (Å²) in [6.45, 7) is 4.14. The second-order valence-electron chi connectivity index (χ2n) is 8.54. The lowest BCUT2D eigenvalue weighted by molar-refractivity contribution is -0.131. The molecule has 4 aromatic rings. The van der Waals surface area contributed by atoms with Gasteiger partial charge in [-0.3, -0.25) is 15.2 Å². The maximum Gasteiger partial charge on any atom is 0.236 e. The Morgan fingerprint density at radius 1 is 1.19 bits per heavy atom. The van der Waals surface area contributed by atoms with E-state index in [4.69, 9.17) is 9.83 Å². The molecule has 5 nitrogen and oxygen atoms in total. The summed E-state index contributed by atoms with van der Waals surface area (Å²) in [5, 5.41) is 11.6. The van der Waals surface area contributed by atoms with Crippen LogP contribution in [0, 0.1) is 12.3 Å². The van der Waals surface area contributed by atoms with Gasteiger partial charge in [-0.1, -0.05) is 13.0 Å². The Morgan fingerprint density at radius 2 is 2.03 bits per heavy atom. The molecule has 5 rings (SSSR count). The fraction of sp³-hybridized carbons (Fsp3) is 0.240. The lowest BCUT2D eigenvalue weighted by Gasteiger charge is -2.44. The molecule has 1 saturated heterocycles. The predicted molar refractivity (Wildman–Crippen MR) is 124 cm³/mol. The van der Waals surface area contributed by atoms with Crippen molar-refractivity contribution in [3.05, 3.63) is 76.4 Å². The van der Waals surface area contributed by atoms with Crippen LogP contribution in [0.2, 0.25) is 0 Å². The molecule has 31 heavy (non-hydrogen) atoms. The highest BCUT2D eigenvalue weighted by Crippen LogP contribution is 2.49. The van der Waals surface area contributed by atoms with Crippen LogP contribution in [0.3, 0.4) is 0 Å². The molecule has 0 bridgehead atoms. The van der Waals surface area contributed by atoms with Gasteiger partial charge in [-0.05, 0) is 59.3 Å². The van der Waals surface area contributed by atoms with E-state index < -0.39 is 5.41 Å². The number of piperidine rings is 1. The van der Waals surface area contributed by atoms with E-state index in [1.807, 2.05) is 43.6 Å². The smallest absolute Gasteiger partial charge is 0.236 e. The number of fused-ring (bicyclic) bond motifs is 1. The highest BCUT2D eigenvalue weighted by atomic mass is 32.1. The number of carbonyl (C=O) groups excluding carboxylic acids is 1. The molecule has 156 valence electrons. The third-order valence-corrected chi connectivity index (χ3v) is 7.54. The van der Waals surface area contributed by atoms with Crippen LogP contribution in [0.4, 0.5) is 0 Å². The van der Waals surface area contributed by atoms with Crippen molar-refractivity contribution in [1.82, 2.24) is 9.88 Å². The number of nitrogens with zero attached hydrogens (tertiary/aromatic N) is 2. The van der Waals surface area contributed by atoms with Crippen molar-refractivity contribution in [2.24, 2.45) is 0 Å². The Labute approximate surface area is 184 Å². The molecule has 6 heteroatoms. The number of carbonyl (C=O) groups is 1. The van der Waals surface area contributed by atoms with Gasteiger partial charge in [0.25, 0.3) is 0 Å². The molecule has 1 aromatic carbocycles. The number of pyridine rings is 1. The van der Waals surface area contributed by atoms with Gasteiger partial charge in [0.05, 0.1) is 12.2 Å². The highest BCUT2D eigenvalue weighted by Gasteiger charge is 2.49. The molecule has 0 saturated carbocycles. The SMILES string of the molecule is Cc1cncc(-c2csc([C@@]3(C)CC(=N)N(C)C(=O)C3c3ccc4occc4c3)c2)c1. The average Bonchev–Trinajstić information content (AvgIpc) is 3.42. The zero-order valence-electron chi connectivity index (χ0n) is 17.7. The van der Waals surface area contributed by atoms with Crippen molar-refractivity contribution in [2.75, 3.05) is 7.05 Å². The van der Waals surface area contributed by atoms with Crippen molar-refractivity contribution < 1.29 is 9.21 Å². The molecule has 1 amide bonds. The minimum absolute atomic E-state index is 0.0474. The number of furan rings is 1. The standard InChI is InChI=1S/C25H23N3O2S/c1-15-8-18(13-27-12-15)19-10-21(31-14-19)25(2)11-22(26)28(3)24(29)23(25)17-4-5-20-16(9-17)6-7-30-20/h4-10,12-14,23,26H,11H2,1-3H3/t23?,25-/m1/s1. The Hall–Kier alpha value is -3.25. The van der Waals surface area contributed by atoms with Crippen molar-refractivity contribution in [3.8, 4) is 11.1 Å². The predicted octanol–water partition coefficient (Wildman–Crippen LogP) is 5.75. The van der Waals surface area contributed by atoms with Gasteiger partial charge >= 0.3 is 0 Å². The molecule has 3 aromatic heterocycles. The highest BCUT2D eigenvalue weighted by molar-refractivity contribution is 7.10. The van der Waals surface area contributed by atoms with E-state index in [0.717, 1.165) is 38.1 Å². The lowest BCUT2D eigenvalue weighted by Crippen LogP contribution is -2.51. The van der Waals surface area contributed by atoms with Crippen molar-refractivity contribution >= 4 is 34.0 Å². The first kappa shape index (κ1) is 19.7. The van der Waals surface area contributed by atoms with E-state index in [1.54, 1.807) is 24.6 Å². The first-order valence-electron chi connectivity index (χ1n) is 10.2. The van der Waals surface area contributed by atoms with Gasteiger partial charge in [-0.25, -0.2) is 0 Å². The molecule has 1 aliphatic rings. The number of hydrogen-bond acceptors (Lipinski definition) is 5. The first-order chi connectivity index (χ1) is 14.9. The van der Waals surface area contributed by atoms with Crippen LogP contribution in [0.25, 0.3) is 22.1 Å². The van der Waals surface area contributed by atoms with Crippen molar-refractivity contribution in [2.45, 2.75) is 31.6 Å². The number of nitrogens with one attached hydrogen (secondary N) is 1. The van der Waals surface area contributed by atoms with E-state index in [0.29, 0.717) is 12.3 Å². The molecule has 0 spiro atoms. The number of likely N-dealkylation sites (N-methyl/N-ethyl adjacent to an activating group) is 1. The number of amides is 1. The summed E-state index contributed by atoms with van der Waals surface area (Å²) in [5.74, 6) is -0.0814. The van der Waals surface area contributed by atoms with Crippen LogP contribution in [0.5, 0.6) is 0 Å². The normalized spacial score (nSPS) is 21.8. The maximum atomic E-state index is 13.5. The monoisotopic (exact) mass is 429 g/mol. The third-order valence-electron chi connectivity index (χ3n) is 6.33. The zero-order chi connectivity index (χ0) is 21.8. The molecule has 4 heterocycles. The number of benzene rings is 1. The zero-order valence-corrected chi connectivity index (χ0v) is 18.5.